The summed E-state index contributed by atoms with van der Waals surface area (Å²) in [5, 5.41) is 2.50. The van der Waals surface area contributed by atoms with Crippen molar-refractivity contribution in [3.8, 4) is 11.5 Å². The molecule has 4 rings (SSSR count). The van der Waals surface area contributed by atoms with Gasteiger partial charge < -0.3 is 4.74 Å². The Morgan fingerprint density at radius 3 is 2.42 bits per heavy atom. The molecule has 1 saturated heterocycles. The first-order chi connectivity index (χ1) is 15.8. The van der Waals surface area contributed by atoms with Gasteiger partial charge in [-0.2, -0.15) is 0 Å². The van der Waals surface area contributed by atoms with Gasteiger partial charge in [-0.15, -0.1) is 11.3 Å². The van der Waals surface area contributed by atoms with E-state index in [1.165, 1.54) is 29.2 Å². The third-order valence-corrected chi connectivity index (χ3v) is 6.91. The topological polar surface area (TPSA) is 75.7 Å². The van der Waals surface area contributed by atoms with Gasteiger partial charge in [-0.05, 0) is 79.4 Å². The first-order valence-corrected chi connectivity index (χ1v) is 11.9. The summed E-state index contributed by atoms with van der Waals surface area (Å²) in [6.45, 7) is 3.38. The van der Waals surface area contributed by atoms with Crippen LogP contribution in [-0.2, 0) is 14.4 Å². The number of nitrogens with zero attached hydrogens (tertiary/aromatic N) is 1. The highest BCUT2D eigenvalue weighted by Crippen LogP contribution is 2.34. The predicted molar refractivity (Wildman–Crippen MR) is 135 cm³/mol. The molecule has 1 aliphatic heterocycles. The molecule has 6 nitrogen and oxygen atoms in total. The number of thiocarbonyl (C=S) groups is 1. The molecule has 0 bridgehead atoms. The second-order valence-corrected chi connectivity index (χ2v) is 10.1. The quantitative estimate of drug-likeness (QED) is 0.224. The number of nitrogens with one attached hydrogen (secondary N) is 1. The average molecular weight is 495 g/mol. The Morgan fingerprint density at radius 1 is 1.09 bits per heavy atom. The minimum absolute atomic E-state index is 0.00119. The third-order valence-electron chi connectivity index (χ3n) is 4.56. The van der Waals surface area contributed by atoms with Crippen molar-refractivity contribution in [1.82, 2.24) is 5.32 Å². The molecule has 1 aliphatic rings. The van der Waals surface area contributed by atoms with Gasteiger partial charge in [-0.1, -0.05) is 18.2 Å². The lowest BCUT2D eigenvalue weighted by Gasteiger charge is -2.29. The van der Waals surface area contributed by atoms with E-state index in [9.17, 15) is 14.4 Å². The van der Waals surface area contributed by atoms with E-state index in [0.717, 1.165) is 20.8 Å². The van der Waals surface area contributed by atoms with E-state index >= 15 is 0 Å². The maximum atomic E-state index is 13.3. The van der Waals surface area contributed by atoms with E-state index in [4.69, 9.17) is 17.0 Å². The molecule has 0 spiro atoms. The lowest BCUT2D eigenvalue weighted by molar-refractivity contribution is -0.122. The van der Waals surface area contributed by atoms with Gasteiger partial charge in [0.1, 0.15) is 17.1 Å². The molecular formula is C24H18N2O4S3. The number of hydrogen-bond acceptors (Lipinski definition) is 7. The number of thiophene rings is 1. The predicted octanol–water partition coefficient (Wildman–Crippen LogP) is 5.32. The fraction of sp³-hybridized carbons (Fsp3) is 0.0833. The van der Waals surface area contributed by atoms with Crippen molar-refractivity contribution in [2.45, 2.75) is 18.1 Å². The lowest BCUT2D eigenvalue weighted by atomic mass is 10.1. The van der Waals surface area contributed by atoms with Crippen molar-refractivity contribution in [2.75, 3.05) is 4.90 Å². The van der Waals surface area contributed by atoms with Gasteiger partial charge in [0.25, 0.3) is 11.8 Å². The molecular weight excluding hydrogens is 476 g/mol. The Hall–Kier alpha value is -3.27. The molecule has 9 heteroatoms. The number of para-hydroxylation sites is 1. The van der Waals surface area contributed by atoms with Crippen molar-refractivity contribution in [1.29, 1.82) is 0 Å². The third kappa shape index (κ3) is 5.22. The van der Waals surface area contributed by atoms with E-state index in [0.29, 0.717) is 22.7 Å². The van der Waals surface area contributed by atoms with E-state index in [1.54, 1.807) is 24.3 Å². The number of rotatable bonds is 5. The first-order valence-electron chi connectivity index (χ1n) is 9.85. The summed E-state index contributed by atoms with van der Waals surface area (Å²) in [5.74, 6) is 0.174. The summed E-state index contributed by atoms with van der Waals surface area (Å²) < 4.78 is 6.52. The van der Waals surface area contributed by atoms with Gasteiger partial charge in [0.15, 0.2) is 10.2 Å². The minimum Gasteiger partial charge on any atom is -0.457 e. The molecule has 3 aromatic rings. The van der Waals surface area contributed by atoms with Crippen molar-refractivity contribution in [2.24, 2.45) is 0 Å². The second kappa shape index (κ2) is 9.70. The number of carbonyl (C=O) groups is 3. The Kier molecular flexibility index (Phi) is 6.73. The molecule has 2 amide bonds. The molecule has 0 atom stereocenters. The zero-order chi connectivity index (χ0) is 23.5. The van der Waals surface area contributed by atoms with Crippen LogP contribution in [0.5, 0.6) is 11.5 Å². The highest BCUT2D eigenvalue weighted by atomic mass is 32.2. The number of amides is 2. The number of hydrogen-bond donors (Lipinski definition) is 1. The van der Waals surface area contributed by atoms with Gasteiger partial charge >= 0.3 is 0 Å². The summed E-state index contributed by atoms with van der Waals surface area (Å²) in [7, 11) is 0. The smallest absolute Gasteiger partial charge is 0.270 e. The highest BCUT2D eigenvalue weighted by Gasteiger charge is 2.34. The van der Waals surface area contributed by atoms with Crippen LogP contribution in [0.1, 0.15) is 17.4 Å². The van der Waals surface area contributed by atoms with Crippen LogP contribution in [0.4, 0.5) is 5.69 Å². The maximum absolute atomic E-state index is 13.3. The van der Waals surface area contributed by atoms with E-state index in [-0.39, 0.29) is 15.8 Å². The van der Waals surface area contributed by atoms with Crippen LogP contribution in [0.25, 0.3) is 6.08 Å². The Bertz CT molecular complexity index is 1280. The summed E-state index contributed by atoms with van der Waals surface area (Å²) in [6, 6.07) is 18.0. The van der Waals surface area contributed by atoms with Crippen molar-refractivity contribution in [3.63, 3.8) is 0 Å². The lowest BCUT2D eigenvalue weighted by Crippen LogP contribution is -2.54. The van der Waals surface area contributed by atoms with Crippen LogP contribution < -0.4 is 15.0 Å². The zero-order valence-corrected chi connectivity index (χ0v) is 20.1. The summed E-state index contributed by atoms with van der Waals surface area (Å²) in [6.07, 6.45) is 1.51. The second-order valence-electron chi connectivity index (χ2n) is 7.06. The zero-order valence-electron chi connectivity index (χ0n) is 17.7. The maximum Gasteiger partial charge on any atom is 0.270 e. The summed E-state index contributed by atoms with van der Waals surface area (Å²) in [5.41, 5.74) is 1.09. The molecule has 1 N–H and O–H groups in total. The van der Waals surface area contributed by atoms with Crippen LogP contribution in [0.2, 0.25) is 0 Å². The molecule has 2 aromatic carbocycles. The van der Waals surface area contributed by atoms with Gasteiger partial charge in [0.05, 0.1) is 9.90 Å². The fourth-order valence-electron chi connectivity index (χ4n) is 3.16. The SMILES string of the molecule is CC(=O)Sc1sc(C)cc1/C=C1\C(=O)NC(=S)N(c2ccc(Oc3ccccc3)cc2)C1=O. The van der Waals surface area contributed by atoms with Gasteiger partial charge in [-0.3, -0.25) is 24.6 Å². The molecule has 0 saturated carbocycles. The normalized spacial score (nSPS) is 15.0. The average Bonchev–Trinajstić information content (AvgIpc) is 3.11. The summed E-state index contributed by atoms with van der Waals surface area (Å²) in [4.78, 5) is 39.7. The Balaban J connectivity index is 1.62. The molecule has 1 fully saturated rings. The van der Waals surface area contributed by atoms with Crippen LogP contribution in [-0.4, -0.2) is 22.0 Å². The number of carbonyl (C=O) groups excluding carboxylic acids is 3. The first kappa shape index (κ1) is 22.9. The van der Waals surface area contributed by atoms with Crippen molar-refractivity contribution < 1.29 is 19.1 Å². The Labute approximate surface area is 204 Å². The van der Waals surface area contributed by atoms with Crippen LogP contribution in [0.3, 0.4) is 0 Å². The largest absolute Gasteiger partial charge is 0.457 e. The molecule has 166 valence electrons. The van der Waals surface area contributed by atoms with Crippen LogP contribution >= 0.6 is 35.3 Å². The van der Waals surface area contributed by atoms with E-state index in [2.05, 4.69) is 5.32 Å². The van der Waals surface area contributed by atoms with E-state index in [1.807, 2.05) is 43.3 Å². The molecule has 0 radical (unpaired) electrons. The minimum atomic E-state index is -0.576. The molecule has 0 unspecified atom stereocenters. The number of ether oxygens (including phenoxy) is 1. The number of thioether (sulfide) groups is 1. The molecule has 0 aliphatic carbocycles. The molecule has 33 heavy (non-hydrogen) atoms. The standard InChI is InChI=1S/C24H18N2O4S3/c1-14-12-16(23(32-14)33-15(2)27)13-20-21(28)25-24(31)26(22(20)29)17-8-10-19(11-9-17)30-18-6-4-3-5-7-18/h3-13H,1-2H3,(H,25,28,31)/b20-13+. The monoisotopic (exact) mass is 494 g/mol. The highest BCUT2D eigenvalue weighted by molar-refractivity contribution is 8.15. The van der Waals surface area contributed by atoms with Crippen molar-refractivity contribution >= 4 is 69.1 Å². The number of benzene rings is 2. The number of anilines is 1. The van der Waals surface area contributed by atoms with Gasteiger partial charge in [0, 0.05) is 17.4 Å². The molecule has 2 heterocycles. The van der Waals surface area contributed by atoms with Crippen LogP contribution in [0.15, 0.2) is 70.4 Å². The van der Waals surface area contributed by atoms with Crippen LogP contribution in [0, 0.1) is 6.92 Å². The Morgan fingerprint density at radius 2 is 1.76 bits per heavy atom. The van der Waals surface area contributed by atoms with Gasteiger partial charge in [-0.25, -0.2) is 0 Å². The van der Waals surface area contributed by atoms with E-state index < -0.39 is 11.8 Å². The fourth-order valence-corrected chi connectivity index (χ4v) is 5.56. The van der Waals surface area contributed by atoms with Gasteiger partial charge in [0.2, 0.25) is 0 Å². The van der Waals surface area contributed by atoms with Crippen molar-refractivity contribution in [3.05, 3.63) is 76.7 Å². The number of aryl methyl sites for hydroxylation is 1. The molecule has 1 aromatic heterocycles. The summed E-state index contributed by atoms with van der Waals surface area (Å²) >= 11 is 7.78.